The Balaban J connectivity index is 1.74. The Morgan fingerprint density at radius 2 is 2.14 bits per heavy atom. The van der Waals surface area contributed by atoms with Gasteiger partial charge in [0.2, 0.25) is 0 Å². The van der Waals surface area contributed by atoms with E-state index in [1.807, 2.05) is 12.1 Å². The lowest BCUT2D eigenvalue weighted by atomic mass is 10.1. The van der Waals surface area contributed by atoms with Crippen LogP contribution in [0.15, 0.2) is 52.1 Å². The minimum absolute atomic E-state index is 0.0391. The molecule has 0 unspecified atom stereocenters. The van der Waals surface area contributed by atoms with Gasteiger partial charge in [-0.15, -0.1) is 0 Å². The maximum Gasteiger partial charge on any atom is 0.257 e. The topological polar surface area (TPSA) is 52.3 Å². The fourth-order valence-electron chi connectivity index (χ4n) is 2.02. The number of rotatable bonds is 5. The number of halogens is 1. The molecule has 0 radical (unpaired) electrons. The van der Waals surface area contributed by atoms with Crippen LogP contribution >= 0.6 is 23.4 Å². The third kappa shape index (κ3) is 3.10. The molecule has 0 spiro atoms. The molecule has 1 heterocycles. The van der Waals surface area contributed by atoms with Crippen molar-refractivity contribution in [2.45, 2.75) is 5.22 Å². The number of carbonyl (C=O) groups excluding carboxylic acids is 1. The molecule has 0 bridgehead atoms. The smallest absolute Gasteiger partial charge is 0.257 e. The van der Waals surface area contributed by atoms with Crippen molar-refractivity contribution in [2.75, 3.05) is 12.9 Å². The molecule has 0 amide bonds. The van der Waals surface area contributed by atoms with Crippen molar-refractivity contribution >= 4 is 40.2 Å². The van der Waals surface area contributed by atoms with Crippen molar-refractivity contribution in [2.24, 2.45) is 0 Å². The summed E-state index contributed by atoms with van der Waals surface area (Å²) in [7, 11) is 1.55. The predicted molar refractivity (Wildman–Crippen MR) is 87.1 cm³/mol. The number of hydrogen-bond donors (Lipinski definition) is 0. The monoisotopic (exact) mass is 333 g/mol. The normalized spacial score (nSPS) is 10.8. The average Bonchev–Trinajstić information content (AvgIpc) is 2.94. The standard InChI is InChI=1S/C16H12ClNO3S/c1-20-14-5-3-2-4-11(14)13(19)9-22-16-18-12-8-10(17)6-7-15(12)21-16/h2-8H,9H2,1H3. The van der Waals surface area contributed by atoms with E-state index in [0.717, 1.165) is 0 Å². The van der Waals surface area contributed by atoms with E-state index in [1.165, 1.54) is 11.8 Å². The van der Waals surface area contributed by atoms with Gasteiger partial charge in [0.25, 0.3) is 5.22 Å². The molecule has 0 saturated heterocycles. The van der Waals surface area contributed by atoms with Gasteiger partial charge in [0.05, 0.1) is 18.4 Å². The number of benzene rings is 2. The predicted octanol–water partition coefficient (Wildman–Crippen LogP) is 4.46. The highest BCUT2D eigenvalue weighted by molar-refractivity contribution is 7.99. The van der Waals surface area contributed by atoms with Gasteiger partial charge in [-0.05, 0) is 30.3 Å². The number of nitrogens with zero attached hydrogens (tertiary/aromatic N) is 1. The van der Waals surface area contributed by atoms with Gasteiger partial charge in [-0.2, -0.15) is 0 Å². The molecule has 6 heteroatoms. The van der Waals surface area contributed by atoms with E-state index in [2.05, 4.69) is 4.98 Å². The number of ether oxygens (including phenoxy) is 1. The number of ketones is 1. The van der Waals surface area contributed by atoms with Crippen molar-refractivity contribution in [3.63, 3.8) is 0 Å². The van der Waals surface area contributed by atoms with Crippen molar-refractivity contribution in [3.05, 3.63) is 53.1 Å². The van der Waals surface area contributed by atoms with Crippen LogP contribution in [0.5, 0.6) is 5.75 Å². The van der Waals surface area contributed by atoms with Gasteiger partial charge in [0, 0.05) is 5.02 Å². The number of methoxy groups -OCH3 is 1. The molecule has 0 N–H and O–H groups in total. The number of Topliss-reactive ketones (excluding diaryl/α,β-unsaturated/α-hetero) is 1. The van der Waals surface area contributed by atoms with E-state index in [0.29, 0.717) is 32.7 Å². The summed E-state index contributed by atoms with van der Waals surface area (Å²) >= 11 is 7.16. The number of para-hydroxylation sites is 1. The number of aromatic nitrogens is 1. The van der Waals surface area contributed by atoms with Gasteiger partial charge in [-0.3, -0.25) is 4.79 Å². The number of fused-ring (bicyclic) bond motifs is 1. The molecule has 3 rings (SSSR count). The third-order valence-corrected chi connectivity index (χ3v) is 4.13. The van der Waals surface area contributed by atoms with Crippen LogP contribution in [0, 0.1) is 0 Å². The fourth-order valence-corrected chi connectivity index (χ4v) is 2.91. The Morgan fingerprint density at radius 3 is 2.95 bits per heavy atom. The zero-order valence-corrected chi connectivity index (χ0v) is 13.3. The first-order valence-electron chi connectivity index (χ1n) is 6.52. The Labute approximate surface area is 136 Å². The van der Waals surface area contributed by atoms with E-state index in [-0.39, 0.29) is 11.5 Å². The van der Waals surface area contributed by atoms with Gasteiger partial charge < -0.3 is 9.15 Å². The number of oxazole rings is 1. The summed E-state index contributed by atoms with van der Waals surface area (Å²) in [5.74, 6) is 0.751. The minimum Gasteiger partial charge on any atom is -0.496 e. The maximum absolute atomic E-state index is 12.3. The Morgan fingerprint density at radius 1 is 1.32 bits per heavy atom. The third-order valence-electron chi connectivity index (χ3n) is 3.06. The quantitative estimate of drug-likeness (QED) is 0.509. The number of thioether (sulfide) groups is 1. The zero-order valence-electron chi connectivity index (χ0n) is 11.7. The Hall–Kier alpha value is -1.98. The lowest BCUT2D eigenvalue weighted by molar-refractivity contribution is 0.101. The first kappa shape index (κ1) is 14.9. The van der Waals surface area contributed by atoms with Crippen LogP contribution in [0.25, 0.3) is 11.1 Å². The molecular weight excluding hydrogens is 322 g/mol. The number of carbonyl (C=O) groups is 1. The highest BCUT2D eigenvalue weighted by atomic mass is 35.5. The van der Waals surface area contributed by atoms with E-state index in [1.54, 1.807) is 37.4 Å². The Bertz CT molecular complexity index is 831. The summed E-state index contributed by atoms with van der Waals surface area (Å²) in [5, 5.41) is 1.04. The fraction of sp³-hybridized carbons (Fsp3) is 0.125. The molecule has 112 valence electrons. The molecule has 1 aromatic heterocycles. The van der Waals surface area contributed by atoms with Crippen LogP contribution in [0.2, 0.25) is 5.02 Å². The van der Waals surface area contributed by atoms with Crippen molar-refractivity contribution in [1.82, 2.24) is 4.98 Å². The van der Waals surface area contributed by atoms with Crippen LogP contribution in [-0.2, 0) is 0 Å². The second-order valence-electron chi connectivity index (χ2n) is 4.50. The molecule has 0 aliphatic rings. The van der Waals surface area contributed by atoms with Crippen molar-refractivity contribution in [3.8, 4) is 5.75 Å². The summed E-state index contributed by atoms with van der Waals surface area (Å²) in [6.45, 7) is 0. The summed E-state index contributed by atoms with van der Waals surface area (Å²) in [4.78, 5) is 16.6. The molecule has 0 aliphatic heterocycles. The molecule has 0 aliphatic carbocycles. The molecule has 4 nitrogen and oxygen atoms in total. The molecule has 0 saturated carbocycles. The van der Waals surface area contributed by atoms with Crippen molar-refractivity contribution < 1.29 is 13.9 Å². The summed E-state index contributed by atoms with van der Waals surface area (Å²) in [6.07, 6.45) is 0. The number of hydrogen-bond acceptors (Lipinski definition) is 5. The second-order valence-corrected chi connectivity index (χ2v) is 5.87. The first-order valence-corrected chi connectivity index (χ1v) is 7.89. The van der Waals surface area contributed by atoms with Crippen LogP contribution < -0.4 is 4.74 Å². The van der Waals surface area contributed by atoms with Crippen molar-refractivity contribution in [1.29, 1.82) is 0 Å². The summed E-state index contributed by atoms with van der Waals surface area (Å²) in [6, 6.07) is 12.4. The van der Waals surface area contributed by atoms with Gasteiger partial charge in [-0.1, -0.05) is 35.5 Å². The first-order chi connectivity index (χ1) is 10.7. The second kappa shape index (κ2) is 6.42. The van der Waals surface area contributed by atoms with Gasteiger partial charge in [0.15, 0.2) is 11.4 Å². The van der Waals surface area contributed by atoms with E-state index in [4.69, 9.17) is 20.8 Å². The lowest BCUT2D eigenvalue weighted by Crippen LogP contribution is -2.04. The Kier molecular flexibility index (Phi) is 4.36. The largest absolute Gasteiger partial charge is 0.496 e. The van der Waals surface area contributed by atoms with Gasteiger partial charge in [0.1, 0.15) is 11.3 Å². The molecule has 2 aromatic carbocycles. The molecule has 22 heavy (non-hydrogen) atoms. The van der Waals surface area contributed by atoms with E-state index < -0.39 is 0 Å². The van der Waals surface area contributed by atoms with E-state index >= 15 is 0 Å². The average molecular weight is 334 g/mol. The molecular formula is C16H12ClNO3S. The summed E-state index contributed by atoms with van der Waals surface area (Å²) < 4.78 is 10.8. The molecule has 3 aromatic rings. The zero-order chi connectivity index (χ0) is 15.5. The highest BCUT2D eigenvalue weighted by Crippen LogP contribution is 2.27. The SMILES string of the molecule is COc1ccccc1C(=O)CSc1nc2cc(Cl)ccc2o1. The van der Waals surface area contributed by atoms with Gasteiger partial charge >= 0.3 is 0 Å². The minimum atomic E-state index is -0.0391. The van der Waals surface area contributed by atoms with Crippen LogP contribution in [0.1, 0.15) is 10.4 Å². The van der Waals surface area contributed by atoms with Gasteiger partial charge in [-0.25, -0.2) is 4.98 Å². The lowest BCUT2D eigenvalue weighted by Gasteiger charge is -2.05. The molecule has 0 atom stereocenters. The van der Waals surface area contributed by atoms with Crippen LogP contribution in [-0.4, -0.2) is 23.6 Å². The van der Waals surface area contributed by atoms with Crippen LogP contribution in [0.4, 0.5) is 0 Å². The molecule has 0 fully saturated rings. The maximum atomic E-state index is 12.3. The highest BCUT2D eigenvalue weighted by Gasteiger charge is 2.14. The van der Waals surface area contributed by atoms with E-state index in [9.17, 15) is 4.79 Å². The van der Waals surface area contributed by atoms with Crippen LogP contribution in [0.3, 0.4) is 0 Å². The summed E-state index contributed by atoms with van der Waals surface area (Å²) in [5.41, 5.74) is 1.88.